The molecule has 0 spiro atoms. The number of carbonyl (C=O) groups excluding carboxylic acids is 1. The van der Waals surface area contributed by atoms with Gasteiger partial charge in [-0.15, -0.1) is 0 Å². The van der Waals surface area contributed by atoms with Crippen LogP contribution in [0, 0.1) is 0 Å². The van der Waals surface area contributed by atoms with Gasteiger partial charge in [-0.3, -0.25) is 9.69 Å². The van der Waals surface area contributed by atoms with Crippen LogP contribution >= 0.6 is 0 Å². The maximum Gasteiger partial charge on any atom is 0.227 e. The number of aryl methyl sites for hydroxylation is 2. The summed E-state index contributed by atoms with van der Waals surface area (Å²) in [6.07, 6.45) is 1.69. The van der Waals surface area contributed by atoms with Gasteiger partial charge in [0, 0.05) is 38.0 Å². The normalized spacial score (nSPS) is 15.4. The third-order valence-corrected chi connectivity index (χ3v) is 5.74. The second-order valence-electron chi connectivity index (χ2n) is 8.01. The zero-order valence-corrected chi connectivity index (χ0v) is 18.5. The lowest BCUT2D eigenvalue weighted by molar-refractivity contribution is -0.122. The molecule has 1 aromatic heterocycles. The van der Waals surface area contributed by atoms with Crippen molar-refractivity contribution in [3.63, 3.8) is 0 Å². The van der Waals surface area contributed by atoms with E-state index in [0.29, 0.717) is 24.6 Å². The molecule has 1 N–H and O–H groups in total. The van der Waals surface area contributed by atoms with Gasteiger partial charge < -0.3 is 14.6 Å². The number of carbonyl (C=O) groups is 1. The minimum atomic E-state index is -0.0721. The quantitative estimate of drug-likeness (QED) is 0.556. The molecule has 1 saturated heterocycles. The fourth-order valence-corrected chi connectivity index (χ4v) is 3.81. The molecule has 168 valence electrons. The van der Waals surface area contributed by atoms with Gasteiger partial charge >= 0.3 is 0 Å². The van der Waals surface area contributed by atoms with Gasteiger partial charge in [-0.05, 0) is 17.5 Å². The molecule has 2 heterocycles. The van der Waals surface area contributed by atoms with Crippen LogP contribution in [0.4, 0.5) is 0 Å². The Morgan fingerprint density at radius 1 is 1.09 bits per heavy atom. The molecule has 32 heavy (non-hydrogen) atoms. The molecular formula is C25H30N4O3. The van der Waals surface area contributed by atoms with Crippen LogP contribution in [0.5, 0.6) is 0 Å². The predicted octanol–water partition coefficient (Wildman–Crippen LogP) is 3.42. The first-order chi connectivity index (χ1) is 15.7. The van der Waals surface area contributed by atoms with E-state index in [2.05, 4.69) is 51.5 Å². The number of rotatable bonds is 9. The number of aromatic nitrogens is 2. The van der Waals surface area contributed by atoms with Crippen LogP contribution in [0.2, 0.25) is 0 Å². The molecule has 1 amide bonds. The van der Waals surface area contributed by atoms with Crippen molar-refractivity contribution in [2.75, 3.05) is 32.8 Å². The molecule has 1 aliphatic rings. The van der Waals surface area contributed by atoms with E-state index in [4.69, 9.17) is 9.26 Å². The minimum Gasteiger partial charge on any atom is -0.379 e. The van der Waals surface area contributed by atoms with Gasteiger partial charge in [-0.1, -0.05) is 66.7 Å². The van der Waals surface area contributed by atoms with Gasteiger partial charge in [-0.2, -0.15) is 4.98 Å². The van der Waals surface area contributed by atoms with Gasteiger partial charge in [0.25, 0.3) is 0 Å². The summed E-state index contributed by atoms with van der Waals surface area (Å²) in [5.41, 5.74) is 3.28. The SMILES string of the molecule is CCc1ccc(-c2noc(CCC(=O)NC(CN3CCOCC3)c3ccccc3)n2)cc1. The maximum atomic E-state index is 12.7. The Bertz CT molecular complexity index is 982. The summed E-state index contributed by atoms with van der Waals surface area (Å²) in [4.78, 5) is 19.5. The minimum absolute atomic E-state index is 0.0286. The summed E-state index contributed by atoms with van der Waals surface area (Å²) in [5.74, 6) is 0.996. The number of morpholine rings is 1. The van der Waals surface area contributed by atoms with E-state index in [9.17, 15) is 4.79 Å². The van der Waals surface area contributed by atoms with E-state index in [1.54, 1.807) is 0 Å². The lowest BCUT2D eigenvalue weighted by atomic mass is 10.1. The molecule has 1 atom stereocenters. The number of nitrogens with zero attached hydrogens (tertiary/aromatic N) is 3. The Morgan fingerprint density at radius 2 is 1.84 bits per heavy atom. The first-order valence-electron chi connectivity index (χ1n) is 11.3. The summed E-state index contributed by atoms with van der Waals surface area (Å²) in [5, 5.41) is 7.26. The molecule has 0 saturated carbocycles. The maximum absolute atomic E-state index is 12.7. The summed E-state index contributed by atoms with van der Waals surface area (Å²) >= 11 is 0. The highest BCUT2D eigenvalue weighted by molar-refractivity contribution is 5.76. The molecular weight excluding hydrogens is 404 g/mol. The van der Waals surface area contributed by atoms with Gasteiger partial charge in [-0.25, -0.2) is 0 Å². The van der Waals surface area contributed by atoms with Crippen molar-refractivity contribution in [1.82, 2.24) is 20.4 Å². The third-order valence-electron chi connectivity index (χ3n) is 5.74. The second-order valence-corrected chi connectivity index (χ2v) is 8.01. The largest absolute Gasteiger partial charge is 0.379 e. The van der Waals surface area contributed by atoms with E-state index in [0.717, 1.165) is 50.4 Å². The number of hydrogen-bond acceptors (Lipinski definition) is 6. The van der Waals surface area contributed by atoms with Crippen LogP contribution < -0.4 is 5.32 Å². The number of benzene rings is 2. The Kier molecular flexibility index (Phi) is 7.64. The molecule has 3 aromatic rings. The van der Waals surface area contributed by atoms with Crippen LogP contribution in [0.3, 0.4) is 0 Å². The standard InChI is InChI=1S/C25H30N4O3/c1-2-19-8-10-21(11-9-19)25-27-24(32-28-25)13-12-23(30)26-22(20-6-4-3-5-7-20)18-29-14-16-31-17-15-29/h3-11,22H,2,12-18H2,1H3,(H,26,30). The van der Waals surface area contributed by atoms with Crippen molar-refractivity contribution in [2.45, 2.75) is 32.2 Å². The smallest absolute Gasteiger partial charge is 0.227 e. The third kappa shape index (κ3) is 6.02. The lowest BCUT2D eigenvalue weighted by Gasteiger charge is -2.31. The summed E-state index contributed by atoms with van der Waals surface area (Å²) < 4.78 is 10.8. The van der Waals surface area contributed by atoms with E-state index < -0.39 is 0 Å². The van der Waals surface area contributed by atoms with Crippen LogP contribution in [0.15, 0.2) is 59.1 Å². The molecule has 1 aliphatic heterocycles. The topological polar surface area (TPSA) is 80.5 Å². The highest BCUT2D eigenvalue weighted by Crippen LogP contribution is 2.18. The average molecular weight is 435 g/mol. The molecule has 4 rings (SSSR count). The molecule has 2 aromatic carbocycles. The zero-order chi connectivity index (χ0) is 22.2. The van der Waals surface area contributed by atoms with Crippen LogP contribution in [-0.2, 0) is 22.4 Å². The van der Waals surface area contributed by atoms with Crippen LogP contribution in [0.25, 0.3) is 11.4 Å². The fraction of sp³-hybridized carbons (Fsp3) is 0.400. The van der Waals surface area contributed by atoms with Gasteiger partial charge in [0.2, 0.25) is 17.6 Å². The van der Waals surface area contributed by atoms with Crippen molar-refractivity contribution in [3.05, 3.63) is 71.6 Å². The number of ether oxygens (including phenoxy) is 1. The zero-order valence-electron chi connectivity index (χ0n) is 18.5. The Labute approximate surface area is 188 Å². The molecule has 1 fully saturated rings. The number of amides is 1. The fourth-order valence-electron chi connectivity index (χ4n) is 3.81. The molecule has 1 unspecified atom stereocenters. The Morgan fingerprint density at radius 3 is 2.56 bits per heavy atom. The van der Waals surface area contributed by atoms with E-state index >= 15 is 0 Å². The summed E-state index contributed by atoms with van der Waals surface area (Å²) in [7, 11) is 0. The molecule has 0 bridgehead atoms. The molecule has 0 radical (unpaired) electrons. The van der Waals surface area contributed by atoms with E-state index in [1.165, 1.54) is 5.56 Å². The van der Waals surface area contributed by atoms with E-state index in [-0.39, 0.29) is 11.9 Å². The van der Waals surface area contributed by atoms with Crippen molar-refractivity contribution in [2.24, 2.45) is 0 Å². The van der Waals surface area contributed by atoms with Gasteiger partial charge in [0.15, 0.2) is 0 Å². The second kappa shape index (κ2) is 11.0. The van der Waals surface area contributed by atoms with Crippen molar-refractivity contribution in [1.29, 1.82) is 0 Å². The number of nitrogens with one attached hydrogen (secondary N) is 1. The summed E-state index contributed by atoms with van der Waals surface area (Å²) in [6.45, 7) is 6.10. The van der Waals surface area contributed by atoms with Gasteiger partial charge in [0.1, 0.15) is 0 Å². The first-order valence-corrected chi connectivity index (χ1v) is 11.3. The Balaban J connectivity index is 1.34. The van der Waals surface area contributed by atoms with E-state index in [1.807, 2.05) is 30.3 Å². The monoisotopic (exact) mass is 434 g/mol. The van der Waals surface area contributed by atoms with Crippen LogP contribution in [-0.4, -0.2) is 53.8 Å². The molecule has 7 heteroatoms. The highest BCUT2D eigenvalue weighted by Gasteiger charge is 2.20. The first kappa shape index (κ1) is 22.2. The lowest BCUT2D eigenvalue weighted by Crippen LogP contribution is -2.43. The predicted molar refractivity (Wildman–Crippen MR) is 122 cm³/mol. The Hall–Kier alpha value is -3.03. The van der Waals surface area contributed by atoms with Crippen LogP contribution in [0.1, 0.15) is 36.4 Å². The van der Waals surface area contributed by atoms with Gasteiger partial charge in [0.05, 0.1) is 19.3 Å². The molecule has 7 nitrogen and oxygen atoms in total. The van der Waals surface area contributed by atoms with Crippen molar-refractivity contribution < 1.29 is 14.1 Å². The number of hydrogen-bond donors (Lipinski definition) is 1. The molecule has 0 aliphatic carbocycles. The van der Waals surface area contributed by atoms with Crippen molar-refractivity contribution >= 4 is 5.91 Å². The summed E-state index contributed by atoms with van der Waals surface area (Å²) in [6, 6.07) is 18.2. The average Bonchev–Trinajstić information content (AvgIpc) is 3.33. The highest BCUT2D eigenvalue weighted by atomic mass is 16.5. The van der Waals surface area contributed by atoms with Crippen molar-refractivity contribution in [3.8, 4) is 11.4 Å².